The topological polar surface area (TPSA) is 116 Å². The number of esters is 1. The molecule has 2 amide bonds. The first kappa shape index (κ1) is 19.4. The molecule has 0 aliphatic carbocycles. The Morgan fingerprint density at radius 3 is 2.65 bits per heavy atom. The van der Waals surface area contributed by atoms with Crippen LogP contribution in [-0.4, -0.2) is 46.7 Å². The standard InChI is InChI=1S/C16H16N2O7S/c1-9(2)25-14(19)8-17-15(20)13(26-16(17)21)7-10-6-11(18(22)23)4-5-12(10)24-3/h4-7,9H,8H2,1-3H3/b13-7+. The molecule has 138 valence electrons. The Balaban J connectivity index is 2.28. The van der Waals surface area contributed by atoms with Crippen molar-refractivity contribution in [3.05, 3.63) is 38.8 Å². The number of ether oxygens (including phenoxy) is 2. The number of hydrogen-bond donors (Lipinski definition) is 0. The van der Waals surface area contributed by atoms with Gasteiger partial charge < -0.3 is 9.47 Å². The number of hydrogen-bond acceptors (Lipinski definition) is 8. The molecule has 1 aromatic carbocycles. The smallest absolute Gasteiger partial charge is 0.326 e. The average molecular weight is 380 g/mol. The second kappa shape index (κ2) is 8.00. The van der Waals surface area contributed by atoms with Gasteiger partial charge in [0, 0.05) is 17.7 Å². The van der Waals surface area contributed by atoms with Crippen LogP contribution in [0.2, 0.25) is 0 Å². The summed E-state index contributed by atoms with van der Waals surface area (Å²) in [4.78, 5) is 47.3. The Kier molecular flexibility index (Phi) is 5.98. The highest BCUT2D eigenvalue weighted by atomic mass is 32.2. The zero-order valence-electron chi connectivity index (χ0n) is 14.3. The molecule has 2 rings (SSSR count). The van der Waals surface area contributed by atoms with Crippen LogP contribution in [0.15, 0.2) is 23.1 Å². The van der Waals surface area contributed by atoms with Crippen molar-refractivity contribution in [1.82, 2.24) is 4.90 Å². The van der Waals surface area contributed by atoms with Gasteiger partial charge in [-0.05, 0) is 37.8 Å². The number of methoxy groups -OCH3 is 1. The monoisotopic (exact) mass is 380 g/mol. The summed E-state index contributed by atoms with van der Waals surface area (Å²) < 4.78 is 10.1. The molecule has 0 aromatic heterocycles. The molecular formula is C16H16N2O7S. The van der Waals surface area contributed by atoms with Crippen LogP contribution in [0.4, 0.5) is 10.5 Å². The number of nitro groups is 1. The molecule has 9 nitrogen and oxygen atoms in total. The third-order valence-corrected chi connectivity index (χ3v) is 4.15. The average Bonchev–Trinajstić information content (AvgIpc) is 2.81. The number of carbonyl (C=O) groups excluding carboxylic acids is 3. The van der Waals surface area contributed by atoms with Crippen molar-refractivity contribution in [2.45, 2.75) is 20.0 Å². The number of rotatable bonds is 6. The largest absolute Gasteiger partial charge is 0.496 e. The second-order valence-corrected chi connectivity index (χ2v) is 6.48. The fourth-order valence-electron chi connectivity index (χ4n) is 2.15. The first-order chi connectivity index (χ1) is 12.2. The minimum Gasteiger partial charge on any atom is -0.496 e. The fourth-order valence-corrected chi connectivity index (χ4v) is 2.98. The van der Waals surface area contributed by atoms with E-state index >= 15 is 0 Å². The highest BCUT2D eigenvalue weighted by Crippen LogP contribution is 2.35. The molecular weight excluding hydrogens is 364 g/mol. The Morgan fingerprint density at radius 1 is 1.38 bits per heavy atom. The number of benzene rings is 1. The summed E-state index contributed by atoms with van der Waals surface area (Å²) in [6, 6.07) is 3.90. The van der Waals surface area contributed by atoms with E-state index in [0.717, 1.165) is 4.90 Å². The lowest BCUT2D eigenvalue weighted by Gasteiger charge is -2.13. The van der Waals surface area contributed by atoms with E-state index in [9.17, 15) is 24.5 Å². The van der Waals surface area contributed by atoms with Gasteiger partial charge >= 0.3 is 5.97 Å². The molecule has 1 fully saturated rings. The molecule has 0 bridgehead atoms. The number of thioether (sulfide) groups is 1. The van der Waals surface area contributed by atoms with E-state index in [1.54, 1.807) is 13.8 Å². The SMILES string of the molecule is COc1ccc([N+](=O)[O-])cc1/C=C1/SC(=O)N(CC(=O)OC(C)C)C1=O. The van der Waals surface area contributed by atoms with Crippen LogP contribution in [0.5, 0.6) is 5.75 Å². The van der Waals surface area contributed by atoms with Crippen molar-refractivity contribution in [2.75, 3.05) is 13.7 Å². The molecule has 0 saturated carbocycles. The van der Waals surface area contributed by atoms with E-state index in [1.807, 2.05) is 0 Å². The normalized spacial score (nSPS) is 15.7. The van der Waals surface area contributed by atoms with Crippen molar-refractivity contribution in [3.8, 4) is 5.75 Å². The second-order valence-electron chi connectivity index (χ2n) is 5.49. The van der Waals surface area contributed by atoms with Crippen LogP contribution in [0, 0.1) is 10.1 Å². The van der Waals surface area contributed by atoms with Crippen LogP contribution in [-0.2, 0) is 14.3 Å². The van der Waals surface area contributed by atoms with Crippen molar-refractivity contribution >= 4 is 40.6 Å². The third kappa shape index (κ3) is 4.39. The van der Waals surface area contributed by atoms with Gasteiger partial charge in [-0.15, -0.1) is 0 Å². The Hall–Kier alpha value is -2.88. The number of carbonyl (C=O) groups is 3. The van der Waals surface area contributed by atoms with Crippen LogP contribution in [0.3, 0.4) is 0 Å². The maximum absolute atomic E-state index is 12.4. The van der Waals surface area contributed by atoms with Gasteiger partial charge in [0.1, 0.15) is 12.3 Å². The van der Waals surface area contributed by atoms with E-state index in [4.69, 9.17) is 9.47 Å². The van der Waals surface area contributed by atoms with Gasteiger partial charge in [-0.1, -0.05) is 0 Å². The molecule has 1 aliphatic rings. The Labute approximate surface area is 153 Å². The van der Waals surface area contributed by atoms with Gasteiger partial charge in [0.25, 0.3) is 16.8 Å². The molecule has 10 heteroatoms. The van der Waals surface area contributed by atoms with Gasteiger partial charge in [-0.25, -0.2) is 0 Å². The molecule has 1 saturated heterocycles. The van der Waals surface area contributed by atoms with E-state index < -0.39 is 28.6 Å². The van der Waals surface area contributed by atoms with Crippen molar-refractivity contribution in [3.63, 3.8) is 0 Å². The molecule has 0 radical (unpaired) electrons. The summed E-state index contributed by atoms with van der Waals surface area (Å²) in [6.07, 6.45) is 0.955. The minimum atomic E-state index is -0.698. The molecule has 1 aromatic rings. The summed E-state index contributed by atoms with van der Waals surface area (Å²) in [5.74, 6) is -1.06. The van der Waals surface area contributed by atoms with E-state index in [-0.39, 0.29) is 22.3 Å². The van der Waals surface area contributed by atoms with Gasteiger partial charge in [0.05, 0.1) is 23.0 Å². The molecule has 0 spiro atoms. The predicted octanol–water partition coefficient (Wildman–Crippen LogP) is 2.59. The van der Waals surface area contributed by atoms with Gasteiger partial charge in [0.15, 0.2) is 0 Å². The number of amides is 2. The molecule has 0 atom stereocenters. The van der Waals surface area contributed by atoms with Crippen LogP contribution < -0.4 is 4.74 Å². The van der Waals surface area contributed by atoms with Gasteiger partial charge in [0.2, 0.25) is 0 Å². The summed E-state index contributed by atoms with van der Waals surface area (Å²) in [7, 11) is 1.38. The Morgan fingerprint density at radius 2 is 2.08 bits per heavy atom. The highest BCUT2D eigenvalue weighted by Gasteiger charge is 2.37. The number of non-ortho nitro benzene ring substituents is 1. The molecule has 0 unspecified atom stereocenters. The lowest BCUT2D eigenvalue weighted by atomic mass is 10.1. The first-order valence-corrected chi connectivity index (χ1v) is 8.32. The summed E-state index contributed by atoms with van der Waals surface area (Å²) >= 11 is 0.636. The quantitative estimate of drug-likeness (QED) is 0.320. The molecule has 0 N–H and O–H groups in total. The summed E-state index contributed by atoms with van der Waals surface area (Å²) in [6.45, 7) is 2.81. The van der Waals surface area contributed by atoms with Crippen molar-refractivity contribution < 1.29 is 28.8 Å². The molecule has 1 heterocycles. The first-order valence-electron chi connectivity index (χ1n) is 7.50. The van der Waals surface area contributed by atoms with Crippen LogP contribution in [0.1, 0.15) is 19.4 Å². The van der Waals surface area contributed by atoms with E-state index in [0.29, 0.717) is 17.5 Å². The lowest BCUT2D eigenvalue weighted by molar-refractivity contribution is -0.384. The van der Waals surface area contributed by atoms with Crippen molar-refractivity contribution in [2.24, 2.45) is 0 Å². The van der Waals surface area contributed by atoms with Crippen molar-refractivity contribution in [1.29, 1.82) is 0 Å². The van der Waals surface area contributed by atoms with E-state index in [2.05, 4.69) is 0 Å². The number of imide groups is 1. The van der Waals surface area contributed by atoms with Gasteiger partial charge in [-0.2, -0.15) is 0 Å². The maximum Gasteiger partial charge on any atom is 0.326 e. The Bertz CT molecular complexity index is 804. The van der Waals surface area contributed by atoms with Gasteiger partial charge in [-0.3, -0.25) is 29.4 Å². The zero-order chi connectivity index (χ0) is 19.4. The molecule has 26 heavy (non-hydrogen) atoms. The number of nitrogens with zero attached hydrogens (tertiary/aromatic N) is 2. The highest BCUT2D eigenvalue weighted by molar-refractivity contribution is 8.18. The zero-order valence-corrected chi connectivity index (χ0v) is 15.1. The number of nitro benzene ring substituents is 1. The third-order valence-electron chi connectivity index (χ3n) is 3.24. The predicted molar refractivity (Wildman–Crippen MR) is 93.6 cm³/mol. The van der Waals surface area contributed by atoms with E-state index in [1.165, 1.54) is 31.4 Å². The minimum absolute atomic E-state index is 0.0335. The van der Waals surface area contributed by atoms with Crippen LogP contribution in [0.25, 0.3) is 6.08 Å². The summed E-state index contributed by atoms with van der Waals surface area (Å²) in [5.41, 5.74) is 0.0914. The lowest BCUT2D eigenvalue weighted by Crippen LogP contribution is -2.35. The summed E-state index contributed by atoms with van der Waals surface area (Å²) in [5, 5.41) is 10.3. The maximum atomic E-state index is 12.4. The fraction of sp³-hybridized carbons (Fsp3) is 0.312. The van der Waals surface area contributed by atoms with Crippen LogP contribution >= 0.6 is 11.8 Å². The molecule has 1 aliphatic heterocycles.